The molecule has 0 saturated carbocycles. The molecule has 1 aliphatic heterocycles. The molecular weight excluding hydrogens is 444 g/mol. The molecule has 32 heavy (non-hydrogen) atoms. The second-order valence-electron chi connectivity index (χ2n) is 4.96. The Morgan fingerprint density at radius 2 is 1.09 bits per heavy atom. The quantitative estimate of drug-likeness (QED) is 0.194. The monoisotopic (exact) mass is 476 g/mol. The number of ether oxygens (including phenoxy) is 1. The van der Waals surface area contributed by atoms with Crippen molar-refractivity contribution in [1.82, 2.24) is 0 Å². The first-order valence-electron chi connectivity index (χ1n) is 8.22. The Hall–Kier alpha value is -3.47. The Bertz CT molecular complexity index is 525. The number of carboxylic acids is 4. The number of rotatable bonds is 3. The SMILES string of the molecule is CC(=O)O.CC(=O)O.CC(=O)O.CC(=O)O.NCCN.O=C1O[C@H]([C@@H](O)CO)C(O)=C1O. The van der Waals surface area contributed by atoms with Crippen molar-refractivity contribution in [3.63, 3.8) is 0 Å². The lowest BCUT2D eigenvalue weighted by Crippen LogP contribution is -2.31. The zero-order valence-electron chi connectivity index (χ0n) is 18.0. The molecule has 0 aromatic carbocycles. The van der Waals surface area contributed by atoms with Crippen molar-refractivity contribution in [2.75, 3.05) is 19.7 Å². The van der Waals surface area contributed by atoms with Crippen molar-refractivity contribution < 1.29 is 69.6 Å². The molecule has 0 radical (unpaired) electrons. The molecule has 1 rings (SSSR count). The van der Waals surface area contributed by atoms with Gasteiger partial charge in [-0.3, -0.25) is 19.2 Å². The second kappa shape index (κ2) is 25.6. The Balaban J connectivity index is -0.000000102. The van der Waals surface area contributed by atoms with E-state index in [1.54, 1.807) is 0 Å². The third kappa shape index (κ3) is 45.3. The summed E-state index contributed by atoms with van der Waals surface area (Å²) in [4.78, 5) is 46.5. The van der Waals surface area contributed by atoms with Crippen LogP contribution in [0.4, 0.5) is 0 Å². The zero-order valence-corrected chi connectivity index (χ0v) is 18.0. The first-order valence-corrected chi connectivity index (χ1v) is 8.22. The number of aliphatic hydroxyl groups is 4. The van der Waals surface area contributed by atoms with Crippen LogP contribution in [0.15, 0.2) is 11.5 Å². The molecule has 0 fully saturated rings. The molecule has 0 unspecified atom stereocenters. The van der Waals surface area contributed by atoms with Gasteiger partial charge in [-0.15, -0.1) is 0 Å². The molecule has 1 heterocycles. The largest absolute Gasteiger partial charge is 0.505 e. The van der Waals surface area contributed by atoms with E-state index < -0.39 is 60.2 Å². The molecular formula is C16H32N2O14. The van der Waals surface area contributed by atoms with E-state index in [4.69, 9.17) is 71.5 Å². The van der Waals surface area contributed by atoms with Gasteiger partial charge in [-0.2, -0.15) is 0 Å². The highest BCUT2D eigenvalue weighted by Crippen LogP contribution is 2.20. The van der Waals surface area contributed by atoms with Crippen LogP contribution in [-0.4, -0.2) is 103 Å². The van der Waals surface area contributed by atoms with Crippen LogP contribution in [0.3, 0.4) is 0 Å². The van der Waals surface area contributed by atoms with E-state index in [0.717, 1.165) is 27.7 Å². The van der Waals surface area contributed by atoms with Crippen molar-refractivity contribution in [1.29, 1.82) is 0 Å². The van der Waals surface area contributed by atoms with Crippen LogP contribution in [-0.2, 0) is 28.7 Å². The number of esters is 1. The minimum Gasteiger partial charge on any atom is -0.505 e. The Kier molecular flexibility index (Phi) is 31.2. The fraction of sp³-hybridized carbons (Fsp3) is 0.562. The standard InChI is InChI=1S/C6H8O6.C2H8N2.4C2H4O2/c7-1-2(8)5-3(9)4(10)6(11)12-5;3-1-2-4;4*1-2(3)4/h2,5,7-10H,1H2;1-4H2;4*1H3,(H,3,4)/t2-,5+;;;;;/m0...../s1. The molecule has 0 aromatic rings. The minimum atomic E-state index is -1.42. The van der Waals surface area contributed by atoms with Crippen molar-refractivity contribution in [2.24, 2.45) is 11.5 Å². The van der Waals surface area contributed by atoms with Gasteiger partial charge in [-0.25, -0.2) is 4.79 Å². The topological polar surface area (TPSA) is 308 Å². The molecule has 0 spiro atoms. The van der Waals surface area contributed by atoms with Gasteiger partial charge in [0.25, 0.3) is 23.9 Å². The van der Waals surface area contributed by atoms with Crippen LogP contribution in [0.2, 0.25) is 0 Å². The van der Waals surface area contributed by atoms with E-state index in [2.05, 4.69) is 4.74 Å². The maximum Gasteiger partial charge on any atom is 0.377 e. The first kappa shape index (κ1) is 39.1. The summed E-state index contributed by atoms with van der Waals surface area (Å²) in [6, 6.07) is 0. The normalized spacial score (nSPS) is 13.8. The lowest BCUT2D eigenvalue weighted by Gasteiger charge is -2.13. The summed E-state index contributed by atoms with van der Waals surface area (Å²) >= 11 is 0. The molecule has 2 atom stereocenters. The molecule has 0 saturated heterocycles. The average Bonchev–Trinajstić information content (AvgIpc) is 2.87. The van der Waals surface area contributed by atoms with E-state index in [9.17, 15) is 4.79 Å². The number of hydrogen-bond donors (Lipinski definition) is 10. The maximum absolute atomic E-state index is 10.5. The third-order valence-corrected chi connectivity index (χ3v) is 1.64. The Labute approximate surface area is 183 Å². The zero-order chi connectivity index (χ0) is 27.0. The molecule has 190 valence electrons. The van der Waals surface area contributed by atoms with Crippen molar-refractivity contribution in [3.05, 3.63) is 11.5 Å². The van der Waals surface area contributed by atoms with Gasteiger partial charge in [0.1, 0.15) is 6.10 Å². The van der Waals surface area contributed by atoms with Gasteiger partial charge in [0.05, 0.1) is 6.61 Å². The number of hydrogen-bond acceptors (Lipinski definition) is 12. The summed E-state index contributed by atoms with van der Waals surface area (Å²) in [5, 5.41) is 64.7. The van der Waals surface area contributed by atoms with E-state index >= 15 is 0 Å². The number of cyclic esters (lactones) is 1. The maximum atomic E-state index is 10.5. The molecule has 16 nitrogen and oxygen atoms in total. The average molecular weight is 476 g/mol. The number of nitrogens with two attached hydrogens (primary N) is 2. The van der Waals surface area contributed by atoms with Crippen LogP contribution < -0.4 is 11.5 Å². The molecule has 16 heteroatoms. The van der Waals surface area contributed by atoms with Gasteiger partial charge in [0.2, 0.25) is 5.76 Å². The van der Waals surface area contributed by atoms with Crippen molar-refractivity contribution >= 4 is 29.8 Å². The first-order chi connectivity index (χ1) is 14.4. The second-order valence-corrected chi connectivity index (χ2v) is 4.96. The summed E-state index contributed by atoms with van der Waals surface area (Å²) < 4.78 is 4.32. The van der Waals surface area contributed by atoms with Crippen molar-refractivity contribution in [3.8, 4) is 0 Å². The molecule has 0 aliphatic carbocycles. The van der Waals surface area contributed by atoms with Crippen LogP contribution >= 0.6 is 0 Å². The van der Waals surface area contributed by atoms with Gasteiger partial charge >= 0.3 is 5.97 Å². The van der Waals surface area contributed by atoms with Crippen molar-refractivity contribution in [2.45, 2.75) is 39.9 Å². The molecule has 0 bridgehead atoms. The number of carbonyl (C=O) groups excluding carboxylic acids is 1. The number of aliphatic carboxylic acids is 4. The number of carbonyl (C=O) groups is 5. The van der Waals surface area contributed by atoms with Gasteiger partial charge in [0, 0.05) is 40.8 Å². The summed E-state index contributed by atoms with van der Waals surface area (Å²) in [6.45, 7) is 4.86. The number of carboxylic acid groups (broad SMARTS) is 4. The fourth-order valence-electron chi connectivity index (χ4n) is 0.823. The minimum absolute atomic E-state index is 0.597. The van der Waals surface area contributed by atoms with Gasteiger partial charge in [0.15, 0.2) is 11.9 Å². The van der Waals surface area contributed by atoms with E-state index in [-0.39, 0.29) is 0 Å². The highest BCUT2D eigenvalue weighted by Gasteiger charge is 2.38. The van der Waals surface area contributed by atoms with Gasteiger partial charge in [-0.05, 0) is 0 Å². The summed E-state index contributed by atoms with van der Waals surface area (Å²) in [7, 11) is 0. The van der Waals surface area contributed by atoms with Gasteiger partial charge in [-0.1, -0.05) is 0 Å². The van der Waals surface area contributed by atoms with Crippen LogP contribution in [0.25, 0.3) is 0 Å². The molecule has 0 amide bonds. The lowest BCUT2D eigenvalue weighted by molar-refractivity contribution is -0.148. The predicted molar refractivity (Wildman–Crippen MR) is 107 cm³/mol. The lowest BCUT2D eigenvalue weighted by atomic mass is 10.2. The van der Waals surface area contributed by atoms with Crippen LogP contribution in [0, 0.1) is 0 Å². The van der Waals surface area contributed by atoms with E-state index in [1.165, 1.54) is 0 Å². The van der Waals surface area contributed by atoms with Crippen LogP contribution in [0.5, 0.6) is 0 Å². The number of aliphatic hydroxyl groups excluding tert-OH is 4. The fourth-order valence-corrected chi connectivity index (χ4v) is 0.823. The highest BCUT2D eigenvalue weighted by atomic mass is 16.6. The third-order valence-electron chi connectivity index (χ3n) is 1.64. The predicted octanol–water partition coefficient (Wildman–Crippen LogP) is -2.14. The smallest absolute Gasteiger partial charge is 0.377 e. The molecule has 1 aliphatic rings. The molecule has 12 N–H and O–H groups in total. The summed E-state index contributed by atoms with van der Waals surface area (Å²) in [6.07, 6.45) is -2.78. The Morgan fingerprint density at radius 1 is 0.844 bits per heavy atom. The van der Waals surface area contributed by atoms with E-state index in [1.807, 2.05) is 0 Å². The van der Waals surface area contributed by atoms with Gasteiger partial charge < -0.3 is 57.1 Å². The summed E-state index contributed by atoms with van der Waals surface area (Å²) in [5.41, 5.74) is 9.81. The van der Waals surface area contributed by atoms with Crippen LogP contribution in [0.1, 0.15) is 27.7 Å². The van der Waals surface area contributed by atoms with E-state index in [0.29, 0.717) is 13.1 Å². The summed E-state index contributed by atoms with van der Waals surface area (Å²) in [5.74, 6) is -6.11. The Morgan fingerprint density at radius 3 is 1.22 bits per heavy atom. The highest BCUT2D eigenvalue weighted by molar-refractivity contribution is 5.89. The molecule has 0 aromatic heterocycles.